The Balaban J connectivity index is 2.06. The third kappa shape index (κ3) is 5.51. The third-order valence-electron chi connectivity index (χ3n) is 3.35. The molecule has 0 heterocycles. The summed E-state index contributed by atoms with van der Waals surface area (Å²) in [6.45, 7) is 6.74. The second-order valence-corrected chi connectivity index (χ2v) is 8.98. The Kier molecular flexibility index (Phi) is 5.01. The van der Waals surface area contributed by atoms with Crippen molar-refractivity contribution >= 4 is 21.7 Å². The lowest BCUT2D eigenvalue weighted by atomic mass is 9.96. The molecule has 0 saturated heterocycles. The molecule has 1 aliphatic rings. The number of carbonyl (C=O) groups excluding carboxylic acids is 1. The smallest absolute Gasteiger partial charge is 0.321 e. The van der Waals surface area contributed by atoms with Crippen LogP contribution in [0.4, 0.5) is 10.5 Å². The predicted molar refractivity (Wildman–Crippen MR) is 90.9 cm³/mol. The molecule has 1 fully saturated rings. The van der Waals surface area contributed by atoms with Gasteiger partial charge in [-0.2, -0.15) is 0 Å². The van der Waals surface area contributed by atoms with Gasteiger partial charge in [0.1, 0.15) is 0 Å². The first kappa shape index (κ1) is 17.7. The molecule has 1 aromatic carbocycles. The molecular formula is C16H25N3O3S. The number of hydrogen-bond donors (Lipinski definition) is 2. The summed E-state index contributed by atoms with van der Waals surface area (Å²) in [7, 11) is -1.80. The molecule has 0 spiro atoms. The Morgan fingerprint density at radius 3 is 2.52 bits per heavy atom. The average molecular weight is 339 g/mol. The number of anilines is 1. The Labute approximate surface area is 138 Å². The van der Waals surface area contributed by atoms with Crippen molar-refractivity contribution in [3.05, 3.63) is 24.3 Å². The van der Waals surface area contributed by atoms with E-state index in [1.807, 2.05) is 20.8 Å². The molecule has 7 heteroatoms. The van der Waals surface area contributed by atoms with E-state index < -0.39 is 10.0 Å². The first-order valence-electron chi connectivity index (χ1n) is 7.71. The zero-order valence-corrected chi connectivity index (χ0v) is 14.9. The van der Waals surface area contributed by atoms with Gasteiger partial charge in [-0.3, -0.25) is 0 Å². The molecule has 23 heavy (non-hydrogen) atoms. The van der Waals surface area contributed by atoms with Crippen LogP contribution in [0.25, 0.3) is 0 Å². The van der Waals surface area contributed by atoms with Gasteiger partial charge >= 0.3 is 6.03 Å². The zero-order valence-electron chi connectivity index (χ0n) is 14.1. The average Bonchev–Trinajstić information content (AvgIpc) is 3.20. The summed E-state index contributed by atoms with van der Waals surface area (Å²) < 4.78 is 27.0. The first-order chi connectivity index (χ1) is 10.6. The molecule has 0 radical (unpaired) electrons. The van der Waals surface area contributed by atoms with Crippen molar-refractivity contribution < 1.29 is 13.2 Å². The van der Waals surface area contributed by atoms with Gasteiger partial charge in [0.05, 0.1) is 4.90 Å². The summed E-state index contributed by atoms with van der Waals surface area (Å²) in [5, 5.41) is 2.74. The molecule has 2 amide bonds. The molecule has 1 aromatic rings. The van der Waals surface area contributed by atoms with Crippen LogP contribution in [0, 0.1) is 5.41 Å². The Bertz CT molecular complexity index is 676. The number of nitrogens with zero attached hydrogens (tertiary/aromatic N) is 1. The molecule has 128 valence electrons. The van der Waals surface area contributed by atoms with E-state index in [9.17, 15) is 13.2 Å². The number of benzene rings is 1. The van der Waals surface area contributed by atoms with Crippen LogP contribution < -0.4 is 10.0 Å². The molecule has 0 aliphatic heterocycles. The summed E-state index contributed by atoms with van der Waals surface area (Å²) >= 11 is 0. The van der Waals surface area contributed by atoms with Crippen molar-refractivity contribution in [2.45, 2.75) is 44.6 Å². The molecule has 2 N–H and O–H groups in total. The molecule has 0 aromatic heterocycles. The van der Waals surface area contributed by atoms with Gasteiger partial charge in [0.25, 0.3) is 0 Å². The Hall–Kier alpha value is -1.60. The van der Waals surface area contributed by atoms with Crippen LogP contribution >= 0.6 is 0 Å². The van der Waals surface area contributed by atoms with E-state index in [1.54, 1.807) is 24.1 Å². The van der Waals surface area contributed by atoms with E-state index in [2.05, 4.69) is 10.0 Å². The van der Waals surface area contributed by atoms with Crippen molar-refractivity contribution in [2.75, 3.05) is 18.9 Å². The highest BCUT2D eigenvalue weighted by Crippen LogP contribution is 2.23. The molecular weight excluding hydrogens is 314 g/mol. The number of amides is 2. The quantitative estimate of drug-likeness (QED) is 0.865. The van der Waals surface area contributed by atoms with Crippen LogP contribution in [0.15, 0.2) is 29.2 Å². The van der Waals surface area contributed by atoms with E-state index in [4.69, 9.17) is 0 Å². The molecule has 0 bridgehead atoms. The largest absolute Gasteiger partial charge is 0.327 e. The molecule has 0 atom stereocenters. The Morgan fingerprint density at radius 2 is 1.96 bits per heavy atom. The van der Waals surface area contributed by atoms with Crippen molar-refractivity contribution in [3.63, 3.8) is 0 Å². The number of hydrogen-bond acceptors (Lipinski definition) is 3. The Morgan fingerprint density at radius 1 is 1.30 bits per heavy atom. The van der Waals surface area contributed by atoms with Gasteiger partial charge in [-0.25, -0.2) is 17.9 Å². The molecule has 2 rings (SSSR count). The summed E-state index contributed by atoms with van der Waals surface area (Å²) in [6, 6.07) is 6.10. The normalized spacial score (nSPS) is 15.3. The second kappa shape index (κ2) is 6.49. The first-order valence-corrected chi connectivity index (χ1v) is 9.20. The summed E-state index contributed by atoms with van der Waals surface area (Å²) in [4.78, 5) is 13.9. The number of carbonyl (C=O) groups is 1. The van der Waals surface area contributed by atoms with Gasteiger partial charge in [0.15, 0.2) is 0 Å². The maximum absolute atomic E-state index is 12.2. The van der Waals surface area contributed by atoms with Crippen LogP contribution in [-0.4, -0.2) is 39.0 Å². The maximum Gasteiger partial charge on any atom is 0.321 e. The van der Waals surface area contributed by atoms with Crippen molar-refractivity contribution in [1.82, 2.24) is 9.62 Å². The van der Waals surface area contributed by atoms with E-state index in [1.165, 1.54) is 12.1 Å². The SMILES string of the molecule is CN(CC(C)(C)C)C(=O)Nc1cccc(S(=O)(=O)NC2CC2)c1. The van der Waals surface area contributed by atoms with Crippen molar-refractivity contribution in [3.8, 4) is 0 Å². The topological polar surface area (TPSA) is 78.5 Å². The lowest BCUT2D eigenvalue weighted by molar-refractivity contribution is 0.201. The fourth-order valence-electron chi connectivity index (χ4n) is 2.23. The van der Waals surface area contributed by atoms with Gasteiger partial charge in [0.2, 0.25) is 10.0 Å². The maximum atomic E-state index is 12.2. The predicted octanol–water partition coefficient (Wildman–Crippen LogP) is 2.64. The molecule has 0 unspecified atom stereocenters. The van der Waals surface area contributed by atoms with Crippen LogP contribution in [0.2, 0.25) is 0 Å². The lowest BCUT2D eigenvalue weighted by Crippen LogP contribution is -2.37. The highest BCUT2D eigenvalue weighted by Gasteiger charge is 2.28. The minimum atomic E-state index is -3.52. The summed E-state index contributed by atoms with van der Waals surface area (Å²) in [5.41, 5.74) is 0.459. The molecule has 1 saturated carbocycles. The zero-order chi connectivity index (χ0) is 17.3. The second-order valence-electron chi connectivity index (χ2n) is 7.27. The van der Waals surface area contributed by atoms with Crippen molar-refractivity contribution in [1.29, 1.82) is 0 Å². The number of urea groups is 1. The summed E-state index contributed by atoms with van der Waals surface area (Å²) in [5.74, 6) is 0. The van der Waals surface area contributed by atoms with Crippen LogP contribution in [0.1, 0.15) is 33.6 Å². The third-order valence-corrected chi connectivity index (χ3v) is 4.87. The number of rotatable bonds is 5. The van der Waals surface area contributed by atoms with Gasteiger partial charge < -0.3 is 10.2 Å². The molecule has 6 nitrogen and oxygen atoms in total. The highest BCUT2D eigenvalue weighted by atomic mass is 32.2. The number of nitrogens with one attached hydrogen (secondary N) is 2. The fraction of sp³-hybridized carbons (Fsp3) is 0.562. The van der Waals surface area contributed by atoms with Crippen LogP contribution in [-0.2, 0) is 10.0 Å². The van der Waals surface area contributed by atoms with Gasteiger partial charge in [-0.15, -0.1) is 0 Å². The minimum absolute atomic E-state index is 0.00847. The fourth-order valence-corrected chi connectivity index (χ4v) is 3.58. The van der Waals surface area contributed by atoms with E-state index in [0.29, 0.717) is 12.2 Å². The molecule has 1 aliphatic carbocycles. The highest BCUT2D eigenvalue weighted by molar-refractivity contribution is 7.89. The standard InChI is InChI=1S/C16H25N3O3S/c1-16(2,3)11-19(4)15(20)17-13-6-5-7-14(10-13)23(21,22)18-12-8-9-12/h5-7,10,12,18H,8-9,11H2,1-4H3,(H,17,20). The van der Waals surface area contributed by atoms with E-state index in [-0.39, 0.29) is 22.4 Å². The monoisotopic (exact) mass is 339 g/mol. The van der Waals surface area contributed by atoms with Crippen molar-refractivity contribution in [2.24, 2.45) is 5.41 Å². The van der Waals surface area contributed by atoms with Crippen LogP contribution in [0.5, 0.6) is 0 Å². The van der Waals surface area contributed by atoms with E-state index >= 15 is 0 Å². The lowest BCUT2D eigenvalue weighted by Gasteiger charge is -2.26. The number of sulfonamides is 1. The minimum Gasteiger partial charge on any atom is -0.327 e. The van der Waals surface area contributed by atoms with Gasteiger partial charge in [-0.05, 0) is 36.5 Å². The van der Waals surface area contributed by atoms with E-state index in [0.717, 1.165) is 12.8 Å². The van der Waals surface area contributed by atoms with Gasteiger partial charge in [0, 0.05) is 25.3 Å². The van der Waals surface area contributed by atoms with Gasteiger partial charge in [-0.1, -0.05) is 26.8 Å². The van der Waals surface area contributed by atoms with Crippen LogP contribution in [0.3, 0.4) is 0 Å². The summed E-state index contributed by atoms with van der Waals surface area (Å²) in [6.07, 6.45) is 1.76.